The fourth-order valence-corrected chi connectivity index (χ4v) is 4.40. The second kappa shape index (κ2) is 9.25. The van der Waals surface area contributed by atoms with Gasteiger partial charge in [0.25, 0.3) is 0 Å². The summed E-state index contributed by atoms with van der Waals surface area (Å²) in [5, 5.41) is 2.54. The lowest BCUT2D eigenvalue weighted by Gasteiger charge is -2.36. The molecule has 1 atom stereocenters. The summed E-state index contributed by atoms with van der Waals surface area (Å²) in [5.41, 5.74) is 2.43. The molecule has 0 radical (unpaired) electrons. The van der Waals surface area contributed by atoms with Crippen molar-refractivity contribution in [2.24, 2.45) is 4.99 Å². The quantitative estimate of drug-likeness (QED) is 0.606. The molecule has 1 aromatic carbocycles. The predicted octanol–water partition coefficient (Wildman–Crippen LogP) is 3.40. The first-order valence-electron chi connectivity index (χ1n) is 9.35. The number of fused-ring (bicyclic) bond motifs is 1. The van der Waals surface area contributed by atoms with Crippen molar-refractivity contribution in [2.75, 3.05) is 27.9 Å². The molecule has 30 heavy (non-hydrogen) atoms. The highest BCUT2D eigenvalue weighted by Crippen LogP contribution is 2.46. The number of hydrogen-bond donors (Lipinski definition) is 0. The largest absolute Gasteiger partial charge is 0.493 e. The van der Waals surface area contributed by atoms with E-state index >= 15 is 0 Å². The van der Waals surface area contributed by atoms with Crippen molar-refractivity contribution in [1.29, 1.82) is 0 Å². The Hall–Kier alpha value is -2.94. The second-order valence-electron chi connectivity index (χ2n) is 6.48. The molecule has 0 bridgehead atoms. The van der Waals surface area contributed by atoms with Crippen molar-refractivity contribution in [3.05, 3.63) is 46.1 Å². The molecule has 3 rings (SSSR count). The maximum Gasteiger partial charge on any atom is 0.338 e. The first kappa shape index (κ1) is 21.8. The SMILES string of the molecule is CCOC(=O)CC1=CSC2=NC(C)=C(C(=O)OC)C(c3ccc(OC)c(OC)c3)N12. The number of amidine groups is 1. The Morgan fingerprint density at radius 1 is 1.17 bits per heavy atom. The van der Waals surface area contributed by atoms with Crippen molar-refractivity contribution < 1.29 is 28.5 Å². The summed E-state index contributed by atoms with van der Waals surface area (Å²) < 4.78 is 21.0. The Labute approximate surface area is 179 Å². The van der Waals surface area contributed by atoms with E-state index in [4.69, 9.17) is 18.9 Å². The number of carbonyl (C=O) groups excluding carboxylic acids is 2. The molecule has 9 heteroatoms. The van der Waals surface area contributed by atoms with Crippen LogP contribution in [0.1, 0.15) is 31.9 Å². The average Bonchev–Trinajstić information content (AvgIpc) is 3.13. The summed E-state index contributed by atoms with van der Waals surface area (Å²) in [4.78, 5) is 31.3. The van der Waals surface area contributed by atoms with Crippen LogP contribution in [0.3, 0.4) is 0 Å². The number of esters is 2. The van der Waals surface area contributed by atoms with E-state index < -0.39 is 12.0 Å². The first-order valence-corrected chi connectivity index (χ1v) is 10.2. The first-order chi connectivity index (χ1) is 14.4. The second-order valence-corrected chi connectivity index (χ2v) is 7.32. The number of rotatable bonds is 7. The van der Waals surface area contributed by atoms with Gasteiger partial charge in [-0.2, -0.15) is 0 Å². The van der Waals surface area contributed by atoms with E-state index in [0.29, 0.717) is 40.2 Å². The van der Waals surface area contributed by atoms with Gasteiger partial charge < -0.3 is 23.8 Å². The number of thioether (sulfide) groups is 1. The smallest absolute Gasteiger partial charge is 0.338 e. The molecule has 0 amide bonds. The minimum atomic E-state index is -0.541. The van der Waals surface area contributed by atoms with Gasteiger partial charge in [0.15, 0.2) is 16.7 Å². The third-order valence-electron chi connectivity index (χ3n) is 4.76. The fraction of sp³-hybridized carbons (Fsp3) is 0.381. The highest BCUT2D eigenvalue weighted by atomic mass is 32.2. The van der Waals surface area contributed by atoms with E-state index in [2.05, 4.69) is 4.99 Å². The van der Waals surface area contributed by atoms with Gasteiger partial charge in [0.1, 0.15) is 0 Å². The van der Waals surface area contributed by atoms with Crippen LogP contribution in [0.4, 0.5) is 0 Å². The zero-order valence-electron chi connectivity index (χ0n) is 17.6. The van der Waals surface area contributed by atoms with Gasteiger partial charge in [-0.1, -0.05) is 17.8 Å². The van der Waals surface area contributed by atoms with Crippen molar-refractivity contribution in [2.45, 2.75) is 26.3 Å². The molecule has 0 saturated carbocycles. The molecule has 0 aliphatic carbocycles. The minimum Gasteiger partial charge on any atom is -0.493 e. The molecular formula is C21H24N2O6S. The number of hydrogen-bond acceptors (Lipinski definition) is 9. The molecule has 0 aromatic heterocycles. The predicted molar refractivity (Wildman–Crippen MR) is 113 cm³/mol. The zero-order chi connectivity index (χ0) is 21.8. The fourth-order valence-electron chi connectivity index (χ4n) is 3.44. The molecule has 2 heterocycles. The molecule has 1 unspecified atom stereocenters. The lowest BCUT2D eigenvalue weighted by atomic mass is 9.93. The summed E-state index contributed by atoms with van der Waals surface area (Å²) >= 11 is 1.40. The van der Waals surface area contributed by atoms with E-state index in [1.54, 1.807) is 34.1 Å². The van der Waals surface area contributed by atoms with E-state index in [1.165, 1.54) is 18.9 Å². The molecule has 0 spiro atoms. The molecule has 2 aliphatic rings. The zero-order valence-corrected chi connectivity index (χ0v) is 18.4. The van der Waals surface area contributed by atoms with Crippen LogP contribution in [0.2, 0.25) is 0 Å². The maximum atomic E-state index is 12.7. The standard InChI is InChI=1S/C21H24N2O6S/c1-6-29-17(24)10-14-11-30-21-22-12(2)18(20(25)28-5)19(23(14)21)13-7-8-15(26-3)16(9-13)27-4/h7-9,11,19H,6,10H2,1-5H3. The van der Waals surface area contributed by atoms with E-state index in [0.717, 1.165) is 5.56 Å². The topological polar surface area (TPSA) is 86.7 Å². The van der Waals surface area contributed by atoms with Gasteiger partial charge in [-0.25, -0.2) is 9.79 Å². The van der Waals surface area contributed by atoms with Crippen LogP contribution in [0, 0.1) is 0 Å². The summed E-state index contributed by atoms with van der Waals surface area (Å²) in [6.45, 7) is 3.83. The maximum absolute atomic E-state index is 12.7. The normalized spacial score (nSPS) is 17.8. The highest BCUT2D eigenvalue weighted by molar-refractivity contribution is 8.16. The Morgan fingerprint density at radius 3 is 2.53 bits per heavy atom. The molecule has 0 N–H and O–H groups in total. The molecule has 0 saturated heterocycles. The van der Waals surface area contributed by atoms with Crippen LogP contribution in [-0.2, 0) is 19.1 Å². The average molecular weight is 432 g/mol. The van der Waals surface area contributed by atoms with E-state index in [-0.39, 0.29) is 12.4 Å². The molecule has 2 aliphatic heterocycles. The molecule has 1 aromatic rings. The number of benzene rings is 1. The van der Waals surface area contributed by atoms with Gasteiger partial charge in [0, 0.05) is 5.70 Å². The summed E-state index contributed by atoms with van der Waals surface area (Å²) in [5.74, 6) is 0.276. The summed E-state index contributed by atoms with van der Waals surface area (Å²) in [7, 11) is 4.45. The number of nitrogens with zero attached hydrogens (tertiary/aromatic N) is 2. The lowest BCUT2D eigenvalue weighted by molar-refractivity contribution is -0.142. The Kier molecular flexibility index (Phi) is 6.71. The van der Waals surface area contributed by atoms with Crippen molar-refractivity contribution in [3.8, 4) is 11.5 Å². The van der Waals surface area contributed by atoms with Gasteiger partial charge in [-0.05, 0) is 37.0 Å². The van der Waals surface area contributed by atoms with Crippen LogP contribution in [-0.4, -0.2) is 49.9 Å². The van der Waals surface area contributed by atoms with Crippen molar-refractivity contribution in [1.82, 2.24) is 4.90 Å². The Bertz CT molecular complexity index is 953. The van der Waals surface area contributed by atoms with Gasteiger partial charge in [-0.15, -0.1) is 0 Å². The van der Waals surface area contributed by atoms with Gasteiger partial charge in [0.2, 0.25) is 0 Å². The van der Waals surface area contributed by atoms with E-state index in [9.17, 15) is 9.59 Å². The number of methoxy groups -OCH3 is 3. The number of aliphatic imine (C=N–C) groups is 1. The van der Waals surface area contributed by atoms with Crippen molar-refractivity contribution >= 4 is 28.9 Å². The molecular weight excluding hydrogens is 408 g/mol. The van der Waals surface area contributed by atoms with Gasteiger partial charge in [-0.3, -0.25) is 4.79 Å². The van der Waals surface area contributed by atoms with Gasteiger partial charge in [0.05, 0.1) is 51.7 Å². The summed E-state index contributed by atoms with van der Waals surface area (Å²) in [6.07, 6.45) is 0.0666. The van der Waals surface area contributed by atoms with Gasteiger partial charge >= 0.3 is 11.9 Å². The molecule has 0 fully saturated rings. The van der Waals surface area contributed by atoms with Crippen LogP contribution >= 0.6 is 11.8 Å². The third-order valence-corrected chi connectivity index (χ3v) is 5.65. The molecule has 8 nitrogen and oxygen atoms in total. The Morgan fingerprint density at radius 2 is 1.90 bits per heavy atom. The minimum absolute atomic E-state index is 0.0666. The Balaban J connectivity index is 2.11. The lowest BCUT2D eigenvalue weighted by Crippen LogP contribution is -2.37. The summed E-state index contributed by atoms with van der Waals surface area (Å²) in [6, 6.07) is 4.91. The number of carbonyl (C=O) groups is 2. The number of ether oxygens (including phenoxy) is 4. The van der Waals surface area contributed by atoms with Crippen LogP contribution in [0.15, 0.2) is 45.6 Å². The highest BCUT2D eigenvalue weighted by Gasteiger charge is 2.41. The van der Waals surface area contributed by atoms with Crippen LogP contribution in [0.5, 0.6) is 11.5 Å². The number of allylic oxidation sites excluding steroid dienone is 1. The third kappa shape index (κ3) is 4.02. The van der Waals surface area contributed by atoms with E-state index in [1.807, 2.05) is 22.4 Å². The van der Waals surface area contributed by atoms with Crippen LogP contribution in [0.25, 0.3) is 0 Å². The van der Waals surface area contributed by atoms with Crippen molar-refractivity contribution in [3.63, 3.8) is 0 Å². The monoisotopic (exact) mass is 432 g/mol. The van der Waals surface area contributed by atoms with Crippen LogP contribution < -0.4 is 9.47 Å². The molecule has 160 valence electrons.